The highest BCUT2D eigenvalue weighted by atomic mass is 28.4. The molecule has 103 valence electrons. The van der Waals surface area contributed by atoms with Gasteiger partial charge in [-0.1, -0.05) is 27.7 Å². The normalized spacial score (nSPS) is 18.0. The Hall–Kier alpha value is 0.354. The molecule has 0 fully saturated rings. The van der Waals surface area contributed by atoms with Crippen LogP contribution in [0.25, 0.3) is 0 Å². The number of rotatable bonds is 5. The summed E-state index contributed by atoms with van der Waals surface area (Å²) in [7, 11) is 1.22. The summed E-state index contributed by atoms with van der Waals surface area (Å²) >= 11 is 0. The molecule has 17 heavy (non-hydrogen) atoms. The summed E-state index contributed by atoms with van der Waals surface area (Å²) in [6, 6.07) is 0. The maximum atomic E-state index is 6.62. The number of quaternary nitrogens is 1. The second-order valence-corrected chi connectivity index (χ2v) is 17.5. The van der Waals surface area contributed by atoms with Gasteiger partial charge in [-0.2, -0.15) is 0 Å². The van der Waals surface area contributed by atoms with E-state index in [1.165, 1.54) is 0 Å². The summed E-state index contributed by atoms with van der Waals surface area (Å²) in [6.07, 6.45) is 1.13. The molecular weight excluding hydrogens is 242 g/mol. The number of hydroxylamine groups is 2. The molecule has 0 aliphatic rings. The molecule has 0 amide bonds. The van der Waals surface area contributed by atoms with Gasteiger partial charge in [0.2, 0.25) is 0 Å². The van der Waals surface area contributed by atoms with Gasteiger partial charge in [0.05, 0.1) is 6.54 Å². The molecule has 0 rings (SSSR count). The fourth-order valence-electron chi connectivity index (χ4n) is 1.45. The Kier molecular flexibility index (Phi) is 5.26. The van der Waals surface area contributed by atoms with Crippen molar-refractivity contribution in [2.45, 2.75) is 71.9 Å². The maximum absolute atomic E-state index is 6.62. The predicted octanol–water partition coefficient (Wildman–Crippen LogP) is 4.78. The van der Waals surface area contributed by atoms with Gasteiger partial charge in [-0.05, 0) is 44.2 Å². The second-order valence-electron chi connectivity index (χ2n) is 7.64. The fourth-order valence-corrected chi connectivity index (χ4v) is 5.37. The molecule has 4 heteroatoms. The summed E-state index contributed by atoms with van der Waals surface area (Å²) in [5.74, 6) is 0. The van der Waals surface area contributed by atoms with Crippen molar-refractivity contribution in [1.29, 1.82) is 0 Å². The van der Waals surface area contributed by atoms with Crippen molar-refractivity contribution >= 4 is 16.6 Å². The standard InChI is InChI=1S/C13H33NOSi2/c1-11-12-14(5,16(6,7)8)15-17(9,10)13(2,3)4/h5,11-12H2,1-4,6-10H3/q+1. The number of hydrogen-bond donors (Lipinski definition) is 0. The first-order chi connectivity index (χ1) is 7.27. The van der Waals surface area contributed by atoms with Crippen LogP contribution < -0.4 is 0 Å². The van der Waals surface area contributed by atoms with Crippen molar-refractivity contribution in [2.24, 2.45) is 0 Å². The Balaban J connectivity index is 5.15. The molecule has 0 N–H and O–H groups in total. The van der Waals surface area contributed by atoms with Gasteiger partial charge in [-0.25, -0.2) is 4.31 Å². The summed E-state index contributed by atoms with van der Waals surface area (Å²) in [5.41, 5.74) is 0. The van der Waals surface area contributed by atoms with Crippen LogP contribution in [-0.4, -0.2) is 27.4 Å². The van der Waals surface area contributed by atoms with Crippen LogP contribution in [-0.2, 0) is 4.53 Å². The van der Waals surface area contributed by atoms with Gasteiger partial charge in [0.25, 0.3) is 8.32 Å². The van der Waals surface area contributed by atoms with E-state index in [1.54, 1.807) is 0 Å². The van der Waals surface area contributed by atoms with Gasteiger partial charge in [0, 0.05) is 0 Å². The first kappa shape index (κ1) is 17.4. The first-order valence-electron chi connectivity index (χ1n) is 6.70. The molecule has 0 aromatic heterocycles. The highest BCUT2D eigenvalue weighted by Gasteiger charge is 2.50. The monoisotopic (exact) mass is 275 g/mol. The quantitative estimate of drug-likeness (QED) is 0.518. The van der Waals surface area contributed by atoms with Crippen molar-refractivity contribution in [3.05, 3.63) is 7.05 Å². The first-order valence-corrected chi connectivity index (χ1v) is 13.1. The van der Waals surface area contributed by atoms with Crippen LogP contribution in [0.2, 0.25) is 37.8 Å². The van der Waals surface area contributed by atoms with E-state index in [2.05, 4.69) is 67.5 Å². The Morgan fingerprint density at radius 1 is 1.06 bits per heavy atom. The van der Waals surface area contributed by atoms with Crippen molar-refractivity contribution in [1.82, 2.24) is 0 Å². The van der Waals surface area contributed by atoms with Gasteiger partial charge >= 0.3 is 8.24 Å². The van der Waals surface area contributed by atoms with Crippen LogP contribution in [0.3, 0.4) is 0 Å². The topological polar surface area (TPSA) is 9.23 Å². The van der Waals surface area contributed by atoms with E-state index >= 15 is 0 Å². The SMILES string of the molecule is [CH2][N+](CCC)(O[Si](C)(C)C(C)(C)C)[Si](C)(C)C. The Labute approximate surface area is 111 Å². The molecule has 2 nitrogen and oxygen atoms in total. The third kappa shape index (κ3) is 4.19. The average Bonchev–Trinajstić information content (AvgIpc) is 1.98. The van der Waals surface area contributed by atoms with E-state index in [0.717, 1.165) is 13.0 Å². The molecule has 1 radical (unpaired) electrons. The van der Waals surface area contributed by atoms with Crippen molar-refractivity contribution in [2.75, 3.05) is 6.54 Å². The lowest BCUT2D eigenvalue weighted by atomic mass is 10.2. The zero-order valence-corrected chi connectivity index (χ0v) is 15.5. The van der Waals surface area contributed by atoms with Gasteiger partial charge in [0.1, 0.15) is 7.05 Å². The Morgan fingerprint density at radius 3 is 1.71 bits per heavy atom. The summed E-state index contributed by atoms with van der Waals surface area (Å²) in [5, 5.41) is 0.252. The number of nitrogens with zero attached hydrogens (tertiary/aromatic N) is 1. The highest BCUT2D eigenvalue weighted by Crippen LogP contribution is 2.40. The van der Waals surface area contributed by atoms with Gasteiger partial charge in [-0.3, -0.25) is 4.53 Å². The summed E-state index contributed by atoms with van der Waals surface area (Å²) < 4.78 is 7.23. The summed E-state index contributed by atoms with van der Waals surface area (Å²) in [4.78, 5) is 0. The largest absolute Gasteiger partial charge is 0.307 e. The number of hydrogen-bond acceptors (Lipinski definition) is 1. The molecule has 0 aromatic carbocycles. The van der Waals surface area contributed by atoms with Crippen LogP contribution >= 0.6 is 0 Å². The van der Waals surface area contributed by atoms with Crippen LogP contribution in [0, 0.1) is 7.05 Å². The van der Waals surface area contributed by atoms with Crippen molar-refractivity contribution in [3.8, 4) is 0 Å². The van der Waals surface area contributed by atoms with Gasteiger partial charge < -0.3 is 0 Å². The molecule has 0 spiro atoms. The highest BCUT2D eigenvalue weighted by molar-refractivity contribution is 6.75. The zero-order valence-electron chi connectivity index (χ0n) is 13.5. The average molecular weight is 276 g/mol. The molecule has 0 heterocycles. The molecule has 0 saturated carbocycles. The van der Waals surface area contributed by atoms with E-state index in [1.807, 2.05) is 0 Å². The molecule has 1 atom stereocenters. The molecule has 0 aliphatic carbocycles. The lowest BCUT2D eigenvalue weighted by Crippen LogP contribution is -2.65. The smallest absolute Gasteiger partial charge is 0.275 e. The minimum atomic E-state index is -1.74. The Morgan fingerprint density at radius 2 is 1.47 bits per heavy atom. The van der Waals surface area contributed by atoms with Crippen LogP contribution in [0.15, 0.2) is 0 Å². The van der Waals surface area contributed by atoms with E-state index in [4.69, 9.17) is 4.53 Å². The summed E-state index contributed by atoms with van der Waals surface area (Å²) in [6.45, 7) is 21.8. The third-order valence-electron chi connectivity index (χ3n) is 4.02. The lowest BCUT2D eigenvalue weighted by molar-refractivity contribution is -0.970. The molecule has 1 unspecified atom stereocenters. The van der Waals surface area contributed by atoms with Crippen LogP contribution in [0.1, 0.15) is 34.1 Å². The van der Waals surface area contributed by atoms with Crippen molar-refractivity contribution < 1.29 is 8.84 Å². The predicted molar refractivity (Wildman–Crippen MR) is 82.4 cm³/mol. The molecule has 0 bridgehead atoms. The van der Waals surface area contributed by atoms with E-state index < -0.39 is 16.6 Å². The molecule has 0 aromatic rings. The van der Waals surface area contributed by atoms with Crippen molar-refractivity contribution in [3.63, 3.8) is 0 Å². The molecule has 0 saturated heterocycles. The van der Waals surface area contributed by atoms with Crippen LogP contribution in [0.4, 0.5) is 0 Å². The minimum Gasteiger partial charge on any atom is -0.275 e. The molecular formula is C13H33NOSi2+. The van der Waals surface area contributed by atoms with E-state index in [-0.39, 0.29) is 5.04 Å². The third-order valence-corrected chi connectivity index (χ3v) is 11.4. The fraction of sp³-hybridized carbons (Fsp3) is 0.923. The van der Waals surface area contributed by atoms with Gasteiger partial charge in [0.15, 0.2) is 0 Å². The zero-order chi connectivity index (χ0) is 14.1. The minimum absolute atomic E-state index is 0.252. The maximum Gasteiger partial charge on any atom is 0.307 e. The lowest BCUT2D eigenvalue weighted by Gasteiger charge is -2.49. The van der Waals surface area contributed by atoms with E-state index in [9.17, 15) is 0 Å². The Bertz CT molecular complexity index is 253. The second kappa shape index (κ2) is 5.15. The van der Waals surface area contributed by atoms with Gasteiger partial charge in [-0.15, -0.1) is 0 Å². The van der Waals surface area contributed by atoms with E-state index in [0.29, 0.717) is 4.31 Å². The molecule has 0 aliphatic heterocycles. The van der Waals surface area contributed by atoms with Crippen LogP contribution in [0.5, 0.6) is 0 Å².